The van der Waals surface area contributed by atoms with Crippen molar-refractivity contribution < 1.29 is 19.0 Å². The highest BCUT2D eigenvalue weighted by Gasteiger charge is 2.26. The summed E-state index contributed by atoms with van der Waals surface area (Å²) in [7, 11) is 0. The third-order valence-electron chi connectivity index (χ3n) is 2.97. The third kappa shape index (κ3) is 2.46. The van der Waals surface area contributed by atoms with Gasteiger partial charge in [-0.15, -0.1) is 0 Å². The van der Waals surface area contributed by atoms with Gasteiger partial charge in [0.15, 0.2) is 0 Å². The summed E-state index contributed by atoms with van der Waals surface area (Å²) in [4.78, 5) is 11.1. The molecular formula is C13H16FNO3. The molecule has 1 amide bonds. The van der Waals surface area contributed by atoms with Crippen LogP contribution in [0.2, 0.25) is 0 Å². The minimum Gasteiger partial charge on any atom is -0.493 e. The van der Waals surface area contributed by atoms with Gasteiger partial charge in [0.2, 0.25) is 5.91 Å². The van der Waals surface area contributed by atoms with Crippen LogP contribution in [0.4, 0.5) is 4.39 Å². The predicted octanol–water partition coefficient (Wildman–Crippen LogP) is 1.84. The molecule has 1 aliphatic rings. The minimum absolute atomic E-state index is 0.171. The molecule has 1 heterocycles. The average Bonchev–Trinajstić information content (AvgIpc) is 2.28. The molecule has 2 unspecified atom stereocenters. The number of hydrogen-bond donors (Lipinski definition) is 2. The molecule has 1 aliphatic heterocycles. The number of carbonyl (C=O) groups excluding carboxylic acids is 1. The number of hydrogen-bond acceptors (Lipinski definition) is 3. The molecule has 2 rings (SSSR count). The zero-order chi connectivity index (χ0) is 13.3. The summed E-state index contributed by atoms with van der Waals surface area (Å²) < 4.78 is 19.1. The lowest BCUT2D eigenvalue weighted by atomic mass is 9.95. The van der Waals surface area contributed by atoms with E-state index in [1.807, 2.05) is 0 Å². The van der Waals surface area contributed by atoms with Crippen molar-refractivity contribution in [2.45, 2.75) is 32.4 Å². The maximum absolute atomic E-state index is 13.5. The Labute approximate surface area is 105 Å². The summed E-state index contributed by atoms with van der Waals surface area (Å²) in [6, 6.07) is 2.35. The average molecular weight is 253 g/mol. The van der Waals surface area contributed by atoms with E-state index in [4.69, 9.17) is 4.74 Å². The molecule has 0 fully saturated rings. The van der Waals surface area contributed by atoms with Crippen molar-refractivity contribution in [3.63, 3.8) is 0 Å². The van der Waals surface area contributed by atoms with Crippen molar-refractivity contribution in [1.82, 2.24) is 5.32 Å². The Morgan fingerprint density at radius 3 is 2.94 bits per heavy atom. The third-order valence-corrected chi connectivity index (χ3v) is 2.97. The summed E-state index contributed by atoms with van der Waals surface area (Å²) >= 11 is 0. The number of nitrogens with one attached hydrogen (secondary N) is 1. The van der Waals surface area contributed by atoms with E-state index in [0.717, 1.165) is 0 Å². The van der Waals surface area contributed by atoms with Crippen LogP contribution in [-0.2, 0) is 4.79 Å². The van der Waals surface area contributed by atoms with E-state index < -0.39 is 11.9 Å². The first kappa shape index (κ1) is 12.8. The van der Waals surface area contributed by atoms with E-state index in [-0.39, 0.29) is 11.9 Å². The van der Waals surface area contributed by atoms with Crippen molar-refractivity contribution in [2.75, 3.05) is 6.61 Å². The van der Waals surface area contributed by atoms with E-state index in [2.05, 4.69) is 5.32 Å². The molecule has 98 valence electrons. The highest BCUT2D eigenvalue weighted by atomic mass is 19.1. The molecule has 5 heteroatoms. The van der Waals surface area contributed by atoms with Crippen LogP contribution in [0.5, 0.6) is 5.75 Å². The Morgan fingerprint density at radius 2 is 2.33 bits per heavy atom. The number of aliphatic hydroxyl groups excluding tert-OH is 1. The Kier molecular flexibility index (Phi) is 3.52. The number of rotatable bonds is 2. The van der Waals surface area contributed by atoms with Crippen molar-refractivity contribution in [2.24, 2.45) is 0 Å². The van der Waals surface area contributed by atoms with Crippen LogP contribution in [0.15, 0.2) is 12.1 Å². The first-order chi connectivity index (χ1) is 8.49. The van der Waals surface area contributed by atoms with Crippen molar-refractivity contribution in [3.8, 4) is 5.75 Å². The number of halogens is 1. The molecule has 0 saturated carbocycles. The van der Waals surface area contributed by atoms with Gasteiger partial charge in [-0.3, -0.25) is 4.79 Å². The van der Waals surface area contributed by atoms with Gasteiger partial charge >= 0.3 is 0 Å². The van der Waals surface area contributed by atoms with Gasteiger partial charge in [-0.05, 0) is 19.1 Å². The summed E-state index contributed by atoms with van der Waals surface area (Å²) in [5, 5.41) is 12.4. The van der Waals surface area contributed by atoms with E-state index in [1.54, 1.807) is 6.92 Å². The lowest BCUT2D eigenvalue weighted by Gasteiger charge is -2.28. The second kappa shape index (κ2) is 4.94. The maximum atomic E-state index is 13.5. The fourth-order valence-electron chi connectivity index (χ4n) is 2.20. The normalized spacial score (nSPS) is 19.7. The van der Waals surface area contributed by atoms with Gasteiger partial charge in [-0.25, -0.2) is 4.39 Å². The number of amides is 1. The van der Waals surface area contributed by atoms with Gasteiger partial charge in [0, 0.05) is 24.5 Å². The molecule has 0 bridgehead atoms. The monoisotopic (exact) mass is 253 g/mol. The van der Waals surface area contributed by atoms with Crippen LogP contribution in [-0.4, -0.2) is 17.6 Å². The minimum atomic E-state index is -0.814. The first-order valence-corrected chi connectivity index (χ1v) is 5.90. The van der Waals surface area contributed by atoms with Gasteiger partial charge in [0.1, 0.15) is 11.6 Å². The molecule has 4 nitrogen and oxygen atoms in total. The largest absolute Gasteiger partial charge is 0.493 e. The molecule has 0 spiro atoms. The van der Waals surface area contributed by atoms with Crippen LogP contribution in [0, 0.1) is 5.82 Å². The molecule has 18 heavy (non-hydrogen) atoms. The molecule has 1 aromatic carbocycles. The molecule has 0 aromatic heterocycles. The van der Waals surface area contributed by atoms with Gasteiger partial charge < -0.3 is 15.2 Å². The standard InChI is InChI=1S/C13H16FNO3/c1-7(16)10-5-9(14)6-11-12(15-8(2)17)3-4-18-13(10)11/h5-7,12,16H,3-4H2,1-2H3,(H,15,17). The zero-order valence-corrected chi connectivity index (χ0v) is 10.4. The second-order valence-corrected chi connectivity index (χ2v) is 4.48. The van der Waals surface area contributed by atoms with Gasteiger partial charge in [-0.2, -0.15) is 0 Å². The van der Waals surface area contributed by atoms with Crippen LogP contribution in [0.1, 0.15) is 43.5 Å². The van der Waals surface area contributed by atoms with Crippen molar-refractivity contribution >= 4 is 5.91 Å². The fraction of sp³-hybridized carbons (Fsp3) is 0.462. The second-order valence-electron chi connectivity index (χ2n) is 4.48. The molecule has 0 saturated heterocycles. The van der Waals surface area contributed by atoms with Crippen molar-refractivity contribution in [1.29, 1.82) is 0 Å². The molecule has 2 N–H and O–H groups in total. The van der Waals surface area contributed by atoms with Crippen LogP contribution in [0.25, 0.3) is 0 Å². The number of fused-ring (bicyclic) bond motifs is 1. The molecule has 2 atom stereocenters. The molecule has 1 aromatic rings. The SMILES string of the molecule is CC(=O)NC1CCOc2c(C(C)O)cc(F)cc21. The zero-order valence-electron chi connectivity index (χ0n) is 10.4. The molecular weight excluding hydrogens is 237 g/mol. The maximum Gasteiger partial charge on any atom is 0.217 e. The Bertz CT molecular complexity index is 474. The van der Waals surface area contributed by atoms with Crippen LogP contribution < -0.4 is 10.1 Å². The highest BCUT2D eigenvalue weighted by Crippen LogP contribution is 2.38. The van der Waals surface area contributed by atoms with Crippen molar-refractivity contribution in [3.05, 3.63) is 29.1 Å². The Hall–Kier alpha value is -1.62. The predicted molar refractivity (Wildman–Crippen MR) is 63.7 cm³/mol. The number of ether oxygens (including phenoxy) is 1. The first-order valence-electron chi connectivity index (χ1n) is 5.90. The quantitative estimate of drug-likeness (QED) is 0.845. The number of benzene rings is 1. The molecule has 0 radical (unpaired) electrons. The summed E-state index contributed by atoms with van der Waals surface area (Å²) in [6.45, 7) is 3.41. The lowest BCUT2D eigenvalue weighted by Crippen LogP contribution is -2.31. The summed E-state index contributed by atoms with van der Waals surface area (Å²) in [5.74, 6) is -0.127. The van der Waals surface area contributed by atoms with Gasteiger partial charge in [0.25, 0.3) is 0 Å². The van der Waals surface area contributed by atoms with E-state index in [0.29, 0.717) is 29.9 Å². The smallest absolute Gasteiger partial charge is 0.217 e. The number of carbonyl (C=O) groups is 1. The Morgan fingerprint density at radius 1 is 1.61 bits per heavy atom. The van der Waals surface area contributed by atoms with E-state index in [1.165, 1.54) is 19.1 Å². The van der Waals surface area contributed by atoms with Gasteiger partial charge in [0.05, 0.1) is 18.8 Å². The molecule has 0 aliphatic carbocycles. The lowest BCUT2D eigenvalue weighted by molar-refractivity contribution is -0.119. The van der Waals surface area contributed by atoms with Crippen LogP contribution >= 0.6 is 0 Å². The Balaban J connectivity index is 2.46. The highest BCUT2D eigenvalue weighted by molar-refractivity contribution is 5.73. The summed E-state index contributed by atoms with van der Waals surface area (Å²) in [5.41, 5.74) is 1.01. The van der Waals surface area contributed by atoms with Crippen LogP contribution in [0.3, 0.4) is 0 Å². The van der Waals surface area contributed by atoms with E-state index in [9.17, 15) is 14.3 Å². The fourth-order valence-corrected chi connectivity index (χ4v) is 2.20. The van der Waals surface area contributed by atoms with Gasteiger partial charge in [-0.1, -0.05) is 0 Å². The topological polar surface area (TPSA) is 58.6 Å². The summed E-state index contributed by atoms with van der Waals surface area (Å²) in [6.07, 6.45) is -0.222. The number of aliphatic hydroxyl groups is 1. The van der Waals surface area contributed by atoms with E-state index >= 15 is 0 Å².